The number of nitrogens with one attached hydrogen (secondary N) is 1. The molecule has 1 aliphatic rings. The van der Waals surface area contributed by atoms with Gasteiger partial charge in [0, 0.05) is 32.4 Å². The molecule has 1 saturated heterocycles. The number of carbonyl (C=O) groups excluding carboxylic acids is 1. The van der Waals surface area contributed by atoms with Crippen LogP contribution in [0.25, 0.3) is 0 Å². The van der Waals surface area contributed by atoms with Gasteiger partial charge in [0.25, 0.3) is 0 Å². The summed E-state index contributed by atoms with van der Waals surface area (Å²) in [5.41, 5.74) is 0. The van der Waals surface area contributed by atoms with Crippen molar-refractivity contribution in [1.82, 2.24) is 15.2 Å². The maximum Gasteiger partial charge on any atom is 0.326 e. The van der Waals surface area contributed by atoms with Crippen LogP contribution < -0.4 is 10.2 Å². The Morgan fingerprint density at radius 2 is 2.05 bits per heavy atom. The van der Waals surface area contributed by atoms with E-state index >= 15 is 0 Å². The molecule has 114 valence electrons. The average molecular weight is 292 g/mol. The molecule has 1 aromatic rings. The fourth-order valence-electron chi connectivity index (χ4n) is 2.26. The minimum absolute atomic E-state index is 0.315. The Kier molecular flexibility index (Phi) is 4.97. The second-order valence-corrected chi connectivity index (χ2v) is 4.91. The molecule has 0 saturated carbocycles. The minimum atomic E-state index is -1.00. The summed E-state index contributed by atoms with van der Waals surface area (Å²) in [7, 11) is 0. The Morgan fingerprint density at radius 1 is 1.33 bits per heavy atom. The molecule has 0 spiro atoms. The highest BCUT2D eigenvalue weighted by molar-refractivity contribution is 5.82. The number of hydrogen-bond acceptors (Lipinski definition) is 4. The van der Waals surface area contributed by atoms with Crippen molar-refractivity contribution >= 4 is 17.8 Å². The lowest BCUT2D eigenvalue weighted by atomic mass is 10.2. The number of rotatable bonds is 4. The van der Waals surface area contributed by atoms with Crippen molar-refractivity contribution in [1.29, 1.82) is 0 Å². The van der Waals surface area contributed by atoms with E-state index in [1.54, 1.807) is 18.0 Å². The normalized spacial score (nSPS) is 16.4. The van der Waals surface area contributed by atoms with Gasteiger partial charge in [0.2, 0.25) is 0 Å². The smallest absolute Gasteiger partial charge is 0.326 e. The van der Waals surface area contributed by atoms with Gasteiger partial charge in [0.1, 0.15) is 11.9 Å². The molecular weight excluding hydrogens is 272 g/mol. The van der Waals surface area contributed by atoms with E-state index in [1.807, 2.05) is 18.2 Å². The monoisotopic (exact) mass is 292 g/mol. The number of urea groups is 1. The fourth-order valence-corrected chi connectivity index (χ4v) is 2.26. The van der Waals surface area contributed by atoms with E-state index in [1.165, 1.54) is 0 Å². The molecule has 21 heavy (non-hydrogen) atoms. The van der Waals surface area contributed by atoms with E-state index in [-0.39, 0.29) is 6.03 Å². The first-order valence-electron chi connectivity index (χ1n) is 7.06. The van der Waals surface area contributed by atoms with Gasteiger partial charge in [0.05, 0.1) is 0 Å². The Balaban J connectivity index is 1.86. The van der Waals surface area contributed by atoms with Crippen LogP contribution in [0.15, 0.2) is 24.4 Å². The lowest BCUT2D eigenvalue weighted by molar-refractivity contribution is -0.139. The van der Waals surface area contributed by atoms with E-state index in [9.17, 15) is 9.59 Å². The van der Waals surface area contributed by atoms with Crippen molar-refractivity contribution in [2.45, 2.75) is 19.4 Å². The fraction of sp³-hybridized carbons (Fsp3) is 0.500. The summed E-state index contributed by atoms with van der Waals surface area (Å²) < 4.78 is 0. The predicted molar refractivity (Wildman–Crippen MR) is 78.3 cm³/mol. The molecule has 1 aromatic heterocycles. The lowest BCUT2D eigenvalue weighted by Crippen LogP contribution is -2.54. The van der Waals surface area contributed by atoms with E-state index in [2.05, 4.69) is 15.2 Å². The number of hydrogen-bond donors (Lipinski definition) is 2. The summed E-state index contributed by atoms with van der Waals surface area (Å²) in [6.07, 6.45) is 2.11. The highest BCUT2D eigenvalue weighted by atomic mass is 16.4. The number of pyridine rings is 1. The van der Waals surface area contributed by atoms with Gasteiger partial charge in [-0.1, -0.05) is 13.0 Å². The van der Waals surface area contributed by atoms with Gasteiger partial charge < -0.3 is 20.2 Å². The number of carbonyl (C=O) groups is 2. The second kappa shape index (κ2) is 6.92. The van der Waals surface area contributed by atoms with Crippen LogP contribution in [0.5, 0.6) is 0 Å². The van der Waals surface area contributed by atoms with E-state index in [0.29, 0.717) is 32.6 Å². The molecule has 0 radical (unpaired) electrons. The summed E-state index contributed by atoms with van der Waals surface area (Å²) >= 11 is 0. The van der Waals surface area contributed by atoms with Crippen LogP contribution >= 0.6 is 0 Å². The standard InChI is InChI=1S/C14H20N4O3/c1-2-11(13(19)20)16-14(21)18-9-7-17(8-10-18)12-5-3-4-6-15-12/h3-6,11H,2,7-10H2,1H3,(H,16,21)(H,19,20)/t11-/m1/s1. The highest BCUT2D eigenvalue weighted by Crippen LogP contribution is 2.12. The number of aliphatic carboxylic acids is 1. The maximum atomic E-state index is 12.0. The molecule has 0 aromatic carbocycles. The number of piperazine rings is 1. The van der Waals surface area contributed by atoms with Gasteiger partial charge in [-0.25, -0.2) is 14.6 Å². The van der Waals surface area contributed by atoms with Crippen LogP contribution in [0, 0.1) is 0 Å². The van der Waals surface area contributed by atoms with Crippen LogP contribution in [0.4, 0.5) is 10.6 Å². The Bertz CT molecular complexity index is 486. The lowest BCUT2D eigenvalue weighted by Gasteiger charge is -2.35. The summed E-state index contributed by atoms with van der Waals surface area (Å²) in [6, 6.07) is 4.59. The topological polar surface area (TPSA) is 85.8 Å². The van der Waals surface area contributed by atoms with Crippen molar-refractivity contribution in [2.24, 2.45) is 0 Å². The molecule has 7 nitrogen and oxygen atoms in total. The zero-order valence-electron chi connectivity index (χ0n) is 12.0. The molecule has 2 heterocycles. The average Bonchev–Trinajstić information content (AvgIpc) is 2.53. The number of aromatic nitrogens is 1. The van der Waals surface area contributed by atoms with E-state index < -0.39 is 12.0 Å². The Hall–Kier alpha value is -2.31. The third-order valence-electron chi connectivity index (χ3n) is 3.54. The van der Waals surface area contributed by atoms with Crippen molar-refractivity contribution in [2.75, 3.05) is 31.1 Å². The number of carboxylic acids is 1. The zero-order chi connectivity index (χ0) is 15.2. The van der Waals surface area contributed by atoms with Gasteiger partial charge in [0.15, 0.2) is 0 Å². The Labute approximate surface area is 123 Å². The summed E-state index contributed by atoms with van der Waals surface area (Å²) in [6.45, 7) is 4.22. The van der Waals surface area contributed by atoms with Crippen molar-refractivity contribution in [3.63, 3.8) is 0 Å². The number of carboxylic acid groups (broad SMARTS) is 1. The summed E-state index contributed by atoms with van der Waals surface area (Å²) in [5, 5.41) is 11.5. The Morgan fingerprint density at radius 3 is 2.57 bits per heavy atom. The van der Waals surface area contributed by atoms with Crippen LogP contribution in [0.2, 0.25) is 0 Å². The molecule has 2 rings (SSSR count). The first kappa shape index (κ1) is 15.1. The zero-order valence-corrected chi connectivity index (χ0v) is 12.0. The summed E-state index contributed by atoms with van der Waals surface area (Å²) in [5.74, 6) is -0.104. The van der Waals surface area contributed by atoms with E-state index in [0.717, 1.165) is 5.82 Å². The van der Waals surface area contributed by atoms with Crippen LogP contribution in [-0.2, 0) is 4.79 Å². The first-order chi connectivity index (χ1) is 10.1. The molecular formula is C14H20N4O3. The SMILES string of the molecule is CC[C@@H](NC(=O)N1CCN(c2ccccn2)CC1)C(=O)O. The van der Waals surface area contributed by atoms with Crippen LogP contribution in [0.1, 0.15) is 13.3 Å². The van der Waals surface area contributed by atoms with Crippen LogP contribution in [-0.4, -0.2) is 59.2 Å². The third kappa shape index (κ3) is 3.84. The predicted octanol–water partition coefficient (Wildman–Crippen LogP) is 0.776. The molecule has 0 unspecified atom stereocenters. The summed E-state index contributed by atoms with van der Waals surface area (Å²) in [4.78, 5) is 31.0. The maximum absolute atomic E-state index is 12.0. The van der Waals surface area contributed by atoms with Gasteiger partial charge in [-0.3, -0.25) is 0 Å². The largest absolute Gasteiger partial charge is 0.480 e. The van der Waals surface area contributed by atoms with Gasteiger partial charge >= 0.3 is 12.0 Å². The number of amides is 2. The van der Waals surface area contributed by atoms with Crippen molar-refractivity contribution < 1.29 is 14.7 Å². The quantitative estimate of drug-likeness (QED) is 0.856. The third-order valence-corrected chi connectivity index (χ3v) is 3.54. The van der Waals surface area contributed by atoms with Crippen molar-refractivity contribution in [3.8, 4) is 0 Å². The molecule has 0 bridgehead atoms. The highest BCUT2D eigenvalue weighted by Gasteiger charge is 2.25. The first-order valence-corrected chi connectivity index (χ1v) is 7.06. The molecule has 7 heteroatoms. The minimum Gasteiger partial charge on any atom is -0.480 e. The van der Waals surface area contributed by atoms with Gasteiger partial charge in [-0.2, -0.15) is 0 Å². The molecule has 2 amide bonds. The van der Waals surface area contributed by atoms with Crippen LogP contribution in [0.3, 0.4) is 0 Å². The number of nitrogens with zero attached hydrogens (tertiary/aromatic N) is 3. The molecule has 0 aliphatic carbocycles. The van der Waals surface area contributed by atoms with Gasteiger partial charge in [-0.15, -0.1) is 0 Å². The molecule has 1 fully saturated rings. The molecule has 1 aliphatic heterocycles. The van der Waals surface area contributed by atoms with Crippen molar-refractivity contribution in [3.05, 3.63) is 24.4 Å². The molecule has 1 atom stereocenters. The number of anilines is 1. The van der Waals surface area contributed by atoms with E-state index in [4.69, 9.17) is 5.11 Å². The van der Waals surface area contributed by atoms with Gasteiger partial charge in [-0.05, 0) is 18.6 Å². The second-order valence-electron chi connectivity index (χ2n) is 4.91. The molecule has 2 N–H and O–H groups in total.